The maximum atomic E-state index is 13.0. The van der Waals surface area contributed by atoms with Gasteiger partial charge in [-0.05, 0) is 32.1 Å². The minimum Gasteiger partial charge on any atom is -0.756 e. The highest BCUT2D eigenvalue weighted by atomic mass is 31.2. The summed E-state index contributed by atoms with van der Waals surface area (Å²) in [7, 11) is 1.14. The number of hydrogen-bond acceptors (Lipinski definition) is 10. The lowest BCUT2D eigenvalue weighted by Gasteiger charge is -2.36. The number of aliphatic hydroxyl groups excluding tert-OH is 4. The topological polar surface area (TPSA) is 178 Å². The van der Waals surface area contributed by atoms with Gasteiger partial charge in [0.2, 0.25) is 5.91 Å². The zero-order valence-corrected chi connectivity index (χ0v) is 36.8. The molecule has 0 saturated carbocycles. The second kappa shape index (κ2) is 31.7. The lowest BCUT2D eigenvalue weighted by Crippen LogP contribution is -2.46. The lowest BCUT2D eigenvalue weighted by atomic mass is 9.87. The summed E-state index contributed by atoms with van der Waals surface area (Å²) >= 11 is 0. The van der Waals surface area contributed by atoms with Crippen molar-refractivity contribution < 1.29 is 52.9 Å². The van der Waals surface area contributed by atoms with Crippen LogP contribution in [0.2, 0.25) is 0 Å². The van der Waals surface area contributed by atoms with E-state index in [0.717, 1.165) is 44.9 Å². The molecule has 12 nitrogen and oxygen atoms in total. The van der Waals surface area contributed by atoms with Gasteiger partial charge in [0.25, 0.3) is 7.82 Å². The van der Waals surface area contributed by atoms with Gasteiger partial charge < -0.3 is 48.9 Å². The number of rotatable bonds is 35. The third-order valence-electron chi connectivity index (χ3n) is 10.5. The Kier molecular flexibility index (Phi) is 29.9. The third-order valence-corrected chi connectivity index (χ3v) is 11.5. The van der Waals surface area contributed by atoms with Crippen molar-refractivity contribution >= 4 is 13.7 Å². The first-order chi connectivity index (χ1) is 26.7. The molecule has 13 heteroatoms. The van der Waals surface area contributed by atoms with Crippen LogP contribution < -0.4 is 10.2 Å². The van der Waals surface area contributed by atoms with Gasteiger partial charge in [-0.1, -0.05) is 141 Å². The Hall–Kier alpha value is -1.18. The molecule has 1 aliphatic rings. The normalized spacial score (nSPS) is 22.0. The van der Waals surface area contributed by atoms with E-state index >= 15 is 0 Å². The fourth-order valence-corrected chi connectivity index (χ4v) is 7.57. The predicted octanol–water partition coefficient (Wildman–Crippen LogP) is 7.22. The van der Waals surface area contributed by atoms with Crippen LogP contribution in [0.4, 0.5) is 0 Å². The number of carbonyl (C=O) groups is 1. The molecule has 0 aromatic rings. The Labute approximate surface area is 340 Å². The molecule has 2 unspecified atom stereocenters. The lowest BCUT2D eigenvalue weighted by molar-refractivity contribution is -0.870. The van der Waals surface area contributed by atoms with Gasteiger partial charge in [-0.15, -0.1) is 0 Å². The van der Waals surface area contributed by atoms with E-state index in [9.17, 15) is 34.7 Å². The molecule has 1 saturated heterocycles. The van der Waals surface area contributed by atoms with Crippen molar-refractivity contribution in [2.45, 2.75) is 198 Å². The minimum atomic E-state index is -4.64. The summed E-state index contributed by atoms with van der Waals surface area (Å²) in [5.41, 5.74) is 0. The van der Waals surface area contributed by atoms with Gasteiger partial charge in [0.15, 0.2) is 6.29 Å². The van der Waals surface area contributed by atoms with Crippen LogP contribution in [-0.2, 0) is 23.1 Å². The molecular weight excluding hydrogens is 735 g/mol. The SMILES string of the molecule is CCCCCCCCCCCCCCC[C@@H](O)[C@H](COP(=O)([O-])OCC[N+](C)(C)C)NC(=O)CCC/C=C\C[C@H]1[C@@H](O)CC(O)O[C@@H]1/C=C/[C@@H](O)CCCCC. The fourth-order valence-electron chi connectivity index (χ4n) is 6.84. The molecule has 8 atom stereocenters. The van der Waals surface area contributed by atoms with Gasteiger partial charge in [0.05, 0.1) is 58.2 Å². The fraction of sp³-hybridized carbons (Fsp3) is 0.884. The van der Waals surface area contributed by atoms with Gasteiger partial charge in [-0.2, -0.15) is 0 Å². The highest BCUT2D eigenvalue weighted by Crippen LogP contribution is 2.38. The quantitative estimate of drug-likeness (QED) is 0.0190. The van der Waals surface area contributed by atoms with E-state index in [1.54, 1.807) is 12.2 Å². The Bertz CT molecular complexity index is 1090. The van der Waals surface area contributed by atoms with E-state index in [4.69, 9.17) is 13.8 Å². The monoisotopic (exact) mass is 819 g/mol. The van der Waals surface area contributed by atoms with Crippen molar-refractivity contribution in [2.75, 3.05) is 40.9 Å². The first-order valence-electron chi connectivity index (χ1n) is 22.1. The molecule has 1 fully saturated rings. The zero-order chi connectivity index (χ0) is 41.7. The van der Waals surface area contributed by atoms with Crippen molar-refractivity contribution in [3.05, 3.63) is 24.3 Å². The summed E-state index contributed by atoms with van der Waals surface area (Å²) in [5, 5.41) is 44.9. The number of phosphoric ester groups is 1. The van der Waals surface area contributed by atoms with E-state index in [1.165, 1.54) is 57.8 Å². The Morgan fingerprint density at radius 1 is 0.857 bits per heavy atom. The van der Waals surface area contributed by atoms with Crippen LogP contribution in [0.1, 0.15) is 162 Å². The highest BCUT2D eigenvalue weighted by molar-refractivity contribution is 7.45. The summed E-state index contributed by atoms with van der Waals surface area (Å²) in [6.07, 6.45) is 25.0. The van der Waals surface area contributed by atoms with Crippen LogP contribution in [0.15, 0.2) is 24.3 Å². The molecule has 1 aliphatic heterocycles. The van der Waals surface area contributed by atoms with Crippen LogP contribution >= 0.6 is 7.82 Å². The minimum absolute atomic E-state index is 0.0371. The standard InChI is InChI=1S/C43H83N2O10P/c1-6-8-10-11-12-13-14-15-16-17-18-19-24-28-39(47)38(35-54-56(51,52)53-33-32-45(3,4)5)44-42(49)29-25-21-20-23-27-37-40(48)34-43(50)55-41(37)31-30-36(46)26-22-9-7-2/h20,23,30-31,36-41,43,46-48,50H,6-19,21-22,24-29,32-35H2,1-5H3,(H-,44,49,51,52)/b23-20-,31-30+/t36-,37-,38-,39+,40-,41+,43?/m0/s1. The molecule has 0 aliphatic carbocycles. The summed E-state index contributed by atoms with van der Waals surface area (Å²) in [6.45, 7) is 4.36. The molecule has 1 rings (SSSR count). The predicted molar refractivity (Wildman–Crippen MR) is 223 cm³/mol. The summed E-state index contributed by atoms with van der Waals surface area (Å²) < 4.78 is 28.9. The van der Waals surface area contributed by atoms with Gasteiger partial charge >= 0.3 is 0 Å². The number of carbonyl (C=O) groups excluding carboxylic acids is 1. The molecular formula is C43H83N2O10P. The second-order valence-corrected chi connectivity index (χ2v) is 18.3. The Balaban J connectivity index is 2.59. The van der Waals surface area contributed by atoms with Gasteiger partial charge in [0.1, 0.15) is 13.2 Å². The molecule has 5 N–H and O–H groups in total. The van der Waals surface area contributed by atoms with E-state index in [-0.39, 0.29) is 31.3 Å². The molecule has 56 heavy (non-hydrogen) atoms. The number of nitrogens with one attached hydrogen (secondary N) is 1. The molecule has 330 valence electrons. The molecule has 0 radical (unpaired) electrons. The average molecular weight is 819 g/mol. The largest absolute Gasteiger partial charge is 0.756 e. The van der Waals surface area contributed by atoms with Crippen molar-refractivity contribution in [2.24, 2.45) is 5.92 Å². The molecule has 1 amide bonds. The van der Waals surface area contributed by atoms with Crippen LogP contribution in [0.3, 0.4) is 0 Å². The van der Waals surface area contributed by atoms with Crippen molar-refractivity contribution in [3.63, 3.8) is 0 Å². The summed E-state index contributed by atoms with van der Waals surface area (Å²) in [4.78, 5) is 25.5. The average Bonchev–Trinajstić information content (AvgIpc) is 3.12. The maximum Gasteiger partial charge on any atom is 0.268 e. The third kappa shape index (κ3) is 28.3. The number of ether oxygens (including phenoxy) is 1. The number of unbranched alkanes of at least 4 members (excludes halogenated alkanes) is 15. The smallest absolute Gasteiger partial charge is 0.268 e. The first-order valence-corrected chi connectivity index (χ1v) is 23.5. The van der Waals surface area contributed by atoms with Crippen LogP contribution in [-0.4, -0.2) is 108 Å². The number of quaternary nitrogens is 1. The number of aliphatic hydroxyl groups is 4. The molecule has 0 bridgehead atoms. The van der Waals surface area contributed by atoms with Gasteiger partial charge in [-0.3, -0.25) is 9.36 Å². The maximum absolute atomic E-state index is 13.0. The van der Waals surface area contributed by atoms with E-state index in [2.05, 4.69) is 19.2 Å². The Morgan fingerprint density at radius 3 is 2.04 bits per heavy atom. The van der Waals surface area contributed by atoms with E-state index in [0.29, 0.717) is 43.1 Å². The second-order valence-electron chi connectivity index (χ2n) is 16.9. The van der Waals surface area contributed by atoms with Gasteiger partial charge in [-0.25, -0.2) is 0 Å². The van der Waals surface area contributed by atoms with Gasteiger partial charge in [0, 0.05) is 18.8 Å². The van der Waals surface area contributed by atoms with Crippen molar-refractivity contribution in [1.82, 2.24) is 5.32 Å². The molecule has 0 spiro atoms. The number of amides is 1. The van der Waals surface area contributed by atoms with Crippen LogP contribution in [0.25, 0.3) is 0 Å². The molecule has 0 aromatic heterocycles. The van der Waals surface area contributed by atoms with E-state index in [1.807, 2.05) is 33.3 Å². The van der Waals surface area contributed by atoms with E-state index < -0.39 is 51.2 Å². The van der Waals surface area contributed by atoms with Crippen LogP contribution in [0.5, 0.6) is 0 Å². The van der Waals surface area contributed by atoms with Crippen molar-refractivity contribution in [1.29, 1.82) is 0 Å². The highest BCUT2D eigenvalue weighted by Gasteiger charge is 2.35. The zero-order valence-electron chi connectivity index (χ0n) is 35.9. The Morgan fingerprint density at radius 2 is 1.43 bits per heavy atom. The number of phosphoric acid groups is 1. The first kappa shape index (κ1) is 52.8. The number of hydrogen-bond donors (Lipinski definition) is 5. The molecule has 0 aromatic carbocycles. The molecule has 1 heterocycles. The number of likely N-dealkylation sites (N-methyl/N-ethyl adjacent to an activating group) is 1. The summed E-state index contributed by atoms with van der Waals surface area (Å²) in [5.74, 6) is -0.599. The number of allylic oxidation sites excluding steroid dienone is 2. The number of nitrogens with zero attached hydrogens (tertiary/aromatic N) is 1. The van der Waals surface area contributed by atoms with Crippen molar-refractivity contribution in [3.8, 4) is 0 Å². The van der Waals surface area contributed by atoms with Crippen LogP contribution in [0, 0.1) is 5.92 Å². The summed E-state index contributed by atoms with van der Waals surface area (Å²) in [6, 6.07) is -0.905.